The predicted octanol–water partition coefficient (Wildman–Crippen LogP) is 3.58. The van der Waals surface area contributed by atoms with E-state index >= 15 is 0 Å². The lowest BCUT2D eigenvalue weighted by molar-refractivity contribution is -0.149. The van der Waals surface area contributed by atoms with Gasteiger partial charge < -0.3 is 29.5 Å². The van der Waals surface area contributed by atoms with E-state index in [1.165, 1.54) is 4.90 Å². The van der Waals surface area contributed by atoms with Crippen molar-refractivity contribution in [2.45, 2.75) is 58.6 Å². The lowest BCUT2D eigenvalue weighted by Gasteiger charge is -2.25. The highest BCUT2D eigenvalue weighted by Crippen LogP contribution is 2.15. The van der Waals surface area contributed by atoms with Crippen molar-refractivity contribution in [3.05, 3.63) is 29.8 Å². The molecule has 0 radical (unpaired) electrons. The molecule has 1 rings (SSSR count). The van der Waals surface area contributed by atoms with Gasteiger partial charge in [-0.25, -0.2) is 18.4 Å². The van der Waals surface area contributed by atoms with Crippen LogP contribution in [0.4, 0.5) is 13.6 Å². The van der Waals surface area contributed by atoms with Crippen molar-refractivity contribution >= 4 is 12.0 Å². The first-order valence-corrected chi connectivity index (χ1v) is 11.1. The van der Waals surface area contributed by atoms with Gasteiger partial charge in [-0.2, -0.15) is 0 Å². The highest BCUT2D eigenvalue weighted by Gasteiger charge is 2.22. The number of urea groups is 1. The second-order valence-electron chi connectivity index (χ2n) is 7.85. The molecule has 0 bridgehead atoms. The van der Waals surface area contributed by atoms with Crippen LogP contribution in [0.15, 0.2) is 24.3 Å². The van der Waals surface area contributed by atoms with E-state index in [2.05, 4.69) is 5.32 Å². The minimum Gasteiger partial charge on any atom is -0.492 e. The lowest BCUT2D eigenvalue weighted by Crippen LogP contribution is -2.46. The van der Waals surface area contributed by atoms with Gasteiger partial charge in [0.15, 0.2) is 6.10 Å². The number of carboxylic acids is 1. The number of rotatable bonds is 16. The number of hydrogen-bond donors (Lipinski definition) is 2. The van der Waals surface area contributed by atoms with Gasteiger partial charge >= 0.3 is 12.0 Å². The average molecular weight is 475 g/mol. The predicted molar refractivity (Wildman–Crippen MR) is 120 cm³/mol. The van der Waals surface area contributed by atoms with Gasteiger partial charge in [-0.05, 0) is 38.0 Å². The molecule has 188 valence electrons. The first-order chi connectivity index (χ1) is 15.6. The minimum absolute atomic E-state index is 0.0172. The highest BCUT2D eigenvalue weighted by atomic mass is 19.3. The first kappa shape index (κ1) is 28.6. The number of amides is 2. The summed E-state index contributed by atoms with van der Waals surface area (Å²) < 4.78 is 41.7. The number of nitrogens with one attached hydrogen (secondary N) is 1. The maximum atomic E-state index is 12.9. The Kier molecular flexibility index (Phi) is 12.7. The molecule has 0 heterocycles. The van der Waals surface area contributed by atoms with Crippen LogP contribution >= 0.6 is 0 Å². The Bertz CT molecular complexity index is 712. The first-order valence-electron chi connectivity index (χ1n) is 11.1. The summed E-state index contributed by atoms with van der Waals surface area (Å²) in [6, 6.07) is 6.62. The summed E-state index contributed by atoms with van der Waals surface area (Å²) in [4.78, 5) is 25.2. The van der Waals surface area contributed by atoms with Gasteiger partial charge in [0, 0.05) is 32.5 Å². The lowest BCUT2D eigenvalue weighted by atomic mass is 10.1. The smallest absolute Gasteiger partial charge is 0.333 e. The number of halogens is 2. The number of ether oxygens (including phenoxy) is 3. The number of carbonyl (C=O) groups is 2. The standard InChI is InChI=1S/C23H36F2N2O6/c1-5-17(3)26-22(30)27(11-13-31-16-23(4,24)25)12-14-33-19-9-7-18(8-10-19)15-20(21(28)29)32-6-2/h7-10,17,20H,5-6,11-16H2,1-4H3,(H,26,30)(H,28,29). The third-order valence-electron chi connectivity index (χ3n) is 4.75. The molecule has 2 unspecified atom stereocenters. The van der Waals surface area contributed by atoms with Crippen molar-refractivity contribution in [2.75, 3.05) is 39.5 Å². The summed E-state index contributed by atoms with van der Waals surface area (Å²) in [5.74, 6) is -3.38. The Hall–Kier alpha value is -2.46. The molecular weight excluding hydrogens is 438 g/mol. The van der Waals surface area contributed by atoms with Crippen LogP contribution in [-0.4, -0.2) is 79.6 Å². The van der Waals surface area contributed by atoms with E-state index in [-0.39, 0.29) is 44.8 Å². The van der Waals surface area contributed by atoms with Gasteiger partial charge in [0.05, 0.1) is 13.2 Å². The molecule has 0 aromatic heterocycles. The molecule has 8 nitrogen and oxygen atoms in total. The fraction of sp³-hybridized carbons (Fsp3) is 0.652. The molecule has 0 aliphatic rings. The third kappa shape index (κ3) is 12.4. The highest BCUT2D eigenvalue weighted by molar-refractivity contribution is 5.74. The van der Waals surface area contributed by atoms with Crippen LogP contribution < -0.4 is 10.1 Å². The van der Waals surface area contributed by atoms with Gasteiger partial charge in [-0.1, -0.05) is 19.1 Å². The molecule has 0 saturated carbocycles. The van der Waals surface area contributed by atoms with Crippen molar-refractivity contribution in [3.63, 3.8) is 0 Å². The van der Waals surface area contributed by atoms with Crippen LogP contribution in [0, 0.1) is 0 Å². The molecule has 2 amide bonds. The Morgan fingerprint density at radius 3 is 2.33 bits per heavy atom. The van der Waals surface area contributed by atoms with E-state index in [1.807, 2.05) is 13.8 Å². The molecule has 33 heavy (non-hydrogen) atoms. The molecule has 0 aliphatic carbocycles. The van der Waals surface area contributed by atoms with E-state index < -0.39 is 24.6 Å². The molecule has 0 saturated heterocycles. The second kappa shape index (κ2) is 14.6. The van der Waals surface area contributed by atoms with Crippen molar-refractivity contribution < 1.29 is 37.7 Å². The second-order valence-corrected chi connectivity index (χ2v) is 7.85. The topological polar surface area (TPSA) is 97.3 Å². The number of aliphatic carboxylic acids is 1. The molecule has 10 heteroatoms. The summed E-state index contributed by atoms with van der Waals surface area (Å²) in [7, 11) is 0. The van der Waals surface area contributed by atoms with Gasteiger partial charge in [-0.3, -0.25) is 0 Å². The number of carbonyl (C=O) groups excluding carboxylic acids is 1. The van der Waals surface area contributed by atoms with Crippen LogP contribution in [0.25, 0.3) is 0 Å². The van der Waals surface area contributed by atoms with Crippen molar-refractivity contribution in [2.24, 2.45) is 0 Å². The molecule has 1 aromatic rings. The van der Waals surface area contributed by atoms with Crippen LogP contribution in [0.5, 0.6) is 5.75 Å². The van der Waals surface area contributed by atoms with Gasteiger partial charge in [0.2, 0.25) is 0 Å². The van der Waals surface area contributed by atoms with E-state index in [0.717, 1.165) is 18.9 Å². The molecule has 2 atom stereocenters. The normalized spacial score (nSPS) is 13.3. The van der Waals surface area contributed by atoms with E-state index in [4.69, 9.17) is 14.2 Å². The number of carboxylic acid groups (broad SMARTS) is 1. The molecule has 0 spiro atoms. The summed E-state index contributed by atoms with van der Waals surface area (Å²) in [5, 5.41) is 12.0. The minimum atomic E-state index is -2.92. The summed E-state index contributed by atoms with van der Waals surface area (Å²) >= 11 is 0. The maximum absolute atomic E-state index is 12.9. The van der Waals surface area contributed by atoms with E-state index in [0.29, 0.717) is 12.4 Å². The van der Waals surface area contributed by atoms with E-state index in [9.17, 15) is 23.5 Å². The zero-order chi connectivity index (χ0) is 24.9. The maximum Gasteiger partial charge on any atom is 0.333 e. The Morgan fingerprint density at radius 1 is 1.15 bits per heavy atom. The summed E-state index contributed by atoms with van der Waals surface area (Å²) in [6.45, 7) is 6.50. The van der Waals surface area contributed by atoms with E-state index in [1.54, 1.807) is 31.2 Å². The molecule has 1 aromatic carbocycles. The zero-order valence-corrected chi connectivity index (χ0v) is 19.8. The summed E-state index contributed by atoms with van der Waals surface area (Å²) in [6.07, 6.45) is 0.0887. The monoisotopic (exact) mass is 474 g/mol. The summed E-state index contributed by atoms with van der Waals surface area (Å²) in [5.41, 5.74) is 0.794. The zero-order valence-electron chi connectivity index (χ0n) is 19.8. The number of benzene rings is 1. The van der Waals surface area contributed by atoms with Crippen molar-refractivity contribution in [1.82, 2.24) is 10.2 Å². The fourth-order valence-electron chi connectivity index (χ4n) is 2.77. The van der Waals surface area contributed by atoms with Crippen LogP contribution in [-0.2, 0) is 20.7 Å². The number of nitrogens with zero attached hydrogens (tertiary/aromatic N) is 1. The molecule has 0 aliphatic heterocycles. The SMILES string of the molecule is CCOC(Cc1ccc(OCCN(CCOCC(C)(F)F)C(=O)NC(C)CC)cc1)C(=O)O. The Morgan fingerprint density at radius 2 is 1.79 bits per heavy atom. The van der Waals surface area contributed by atoms with Crippen LogP contribution in [0.1, 0.15) is 39.7 Å². The van der Waals surface area contributed by atoms with Gasteiger partial charge in [0.1, 0.15) is 19.0 Å². The molecule has 0 fully saturated rings. The number of hydrogen-bond acceptors (Lipinski definition) is 5. The third-order valence-corrected chi connectivity index (χ3v) is 4.75. The average Bonchev–Trinajstić information content (AvgIpc) is 2.75. The molecule has 2 N–H and O–H groups in total. The number of alkyl halides is 2. The van der Waals surface area contributed by atoms with Crippen LogP contribution in [0.2, 0.25) is 0 Å². The van der Waals surface area contributed by atoms with Crippen molar-refractivity contribution in [1.29, 1.82) is 0 Å². The molecular formula is C23H36F2N2O6. The fourth-order valence-corrected chi connectivity index (χ4v) is 2.77. The van der Waals surface area contributed by atoms with Gasteiger partial charge in [-0.15, -0.1) is 0 Å². The van der Waals surface area contributed by atoms with Gasteiger partial charge in [0.25, 0.3) is 5.92 Å². The van der Waals surface area contributed by atoms with Crippen LogP contribution in [0.3, 0.4) is 0 Å². The Labute approximate surface area is 194 Å². The largest absolute Gasteiger partial charge is 0.492 e. The van der Waals surface area contributed by atoms with Crippen molar-refractivity contribution in [3.8, 4) is 5.75 Å². The Balaban J connectivity index is 2.59. The quantitative estimate of drug-likeness (QED) is 0.356.